The lowest BCUT2D eigenvalue weighted by Crippen LogP contribution is -2.42. The number of hydrogen-bond acceptors (Lipinski definition) is 4. The molecule has 0 saturated carbocycles. The number of carbonyl (C=O) groups excluding carboxylic acids is 1. The number of halogens is 2. The number of amides is 1. The van der Waals surface area contributed by atoms with Crippen molar-refractivity contribution < 1.29 is 18.7 Å². The number of carbonyl (C=O) groups is 1. The first-order valence-electron chi connectivity index (χ1n) is 8.48. The Labute approximate surface area is 166 Å². The molecule has 27 heavy (non-hydrogen) atoms. The molecule has 3 aromatic rings. The summed E-state index contributed by atoms with van der Waals surface area (Å²) in [6.07, 6.45) is -0.294. The van der Waals surface area contributed by atoms with Gasteiger partial charge in [0.15, 0.2) is 17.1 Å². The lowest BCUT2D eigenvalue weighted by atomic mass is 10.1. The fraction of sp³-hybridized carbons (Fsp3) is 0.250. The van der Waals surface area contributed by atoms with E-state index in [1.54, 1.807) is 42.3 Å². The van der Waals surface area contributed by atoms with E-state index in [2.05, 4.69) is 0 Å². The van der Waals surface area contributed by atoms with E-state index in [4.69, 9.17) is 37.1 Å². The van der Waals surface area contributed by atoms with Crippen LogP contribution in [0, 0.1) is 0 Å². The predicted molar refractivity (Wildman–Crippen MR) is 104 cm³/mol. The molecule has 1 amide bonds. The third-order valence-electron chi connectivity index (χ3n) is 4.55. The first kappa shape index (κ1) is 18.2. The number of ether oxygens (including phenoxy) is 2. The Morgan fingerprint density at radius 1 is 1.19 bits per heavy atom. The van der Waals surface area contributed by atoms with Gasteiger partial charge in [-0.1, -0.05) is 35.3 Å². The summed E-state index contributed by atoms with van der Waals surface area (Å²) in [6, 6.07) is 12.6. The number of rotatable bonds is 3. The van der Waals surface area contributed by atoms with Crippen LogP contribution in [0.4, 0.5) is 0 Å². The number of hydrogen-bond donors (Lipinski definition) is 0. The molecule has 4 rings (SSSR count). The minimum atomic E-state index is -0.294. The minimum absolute atomic E-state index is 0.185. The molecule has 1 fully saturated rings. The van der Waals surface area contributed by atoms with Crippen molar-refractivity contribution in [1.29, 1.82) is 0 Å². The van der Waals surface area contributed by atoms with Crippen LogP contribution in [0.15, 0.2) is 46.9 Å². The van der Waals surface area contributed by atoms with Crippen LogP contribution in [0.5, 0.6) is 5.75 Å². The average molecular weight is 406 g/mol. The first-order chi connectivity index (χ1) is 13.0. The Morgan fingerprint density at radius 3 is 2.70 bits per heavy atom. The molecule has 1 atom stereocenters. The Bertz CT molecular complexity index is 981. The molecule has 5 nitrogen and oxygen atoms in total. The molecule has 0 radical (unpaired) electrons. The Balaban J connectivity index is 1.58. The lowest BCUT2D eigenvalue weighted by Gasteiger charge is -2.32. The molecule has 1 aliphatic rings. The molecular weight excluding hydrogens is 389 g/mol. The zero-order valence-electron chi connectivity index (χ0n) is 14.6. The van der Waals surface area contributed by atoms with Gasteiger partial charge in [0, 0.05) is 22.0 Å². The molecule has 0 aliphatic carbocycles. The van der Waals surface area contributed by atoms with Crippen molar-refractivity contribution in [3.05, 3.63) is 63.8 Å². The molecular formula is C20H17Cl2NO4. The van der Waals surface area contributed by atoms with Crippen LogP contribution in [0.25, 0.3) is 11.0 Å². The summed E-state index contributed by atoms with van der Waals surface area (Å²) in [4.78, 5) is 14.7. The van der Waals surface area contributed by atoms with Crippen LogP contribution in [-0.2, 0) is 4.74 Å². The van der Waals surface area contributed by atoms with Crippen molar-refractivity contribution >= 4 is 40.1 Å². The van der Waals surface area contributed by atoms with Gasteiger partial charge in [0.05, 0.1) is 20.3 Å². The Morgan fingerprint density at radius 2 is 1.96 bits per heavy atom. The maximum absolute atomic E-state index is 13.0. The molecule has 1 aromatic heterocycles. The summed E-state index contributed by atoms with van der Waals surface area (Å²) in [5, 5.41) is 1.90. The highest BCUT2D eigenvalue weighted by atomic mass is 35.5. The third kappa shape index (κ3) is 3.63. The molecule has 0 bridgehead atoms. The monoisotopic (exact) mass is 405 g/mol. The highest BCUT2D eigenvalue weighted by Crippen LogP contribution is 2.31. The van der Waals surface area contributed by atoms with Gasteiger partial charge in [0.25, 0.3) is 5.91 Å². The molecule has 1 unspecified atom stereocenters. The van der Waals surface area contributed by atoms with Gasteiger partial charge < -0.3 is 18.8 Å². The van der Waals surface area contributed by atoms with Gasteiger partial charge in [-0.15, -0.1) is 0 Å². The maximum Gasteiger partial charge on any atom is 0.289 e. The summed E-state index contributed by atoms with van der Waals surface area (Å²) in [6.45, 7) is 1.30. The van der Waals surface area contributed by atoms with Gasteiger partial charge in [-0.3, -0.25) is 4.79 Å². The van der Waals surface area contributed by atoms with E-state index in [0.29, 0.717) is 41.1 Å². The lowest BCUT2D eigenvalue weighted by molar-refractivity contribution is -0.0237. The Kier molecular flexibility index (Phi) is 5.00. The number of nitrogens with zero attached hydrogens (tertiary/aromatic N) is 1. The van der Waals surface area contributed by atoms with Crippen molar-refractivity contribution in [3.8, 4) is 5.75 Å². The highest BCUT2D eigenvalue weighted by molar-refractivity contribution is 6.34. The molecule has 0 spiro atoms. The van der Waals surface area contributed by atoms with Gasteiger partial charge in [-0.05, 0) is 35.9 Å². The number of fused-ring (bicyclic) bond motifs is 1. The van der Waals surface area contributed by atoms with Crippen molar-refractivity contribution in [2.75, 3.05) is 26.8 Å². The van der Waals surface area contributed by atoms with Gasteiger partial charge in [-0.25, -0.2) is 0 Å². The van der Waals surface area contributed by atoms with Crippen LogP contribution in [0.1, 0.15) is 22.2 Å². The van der Waals surface area contributed by atoms with E-state index in [0.717, 1.165) is 10.9 Å². The van der Waals surface area contributed by atoms with E-state index >= 15 is 0 Å². The summed E-state index contributed by atoms with van der Waals surface area (Å²) >= 11 is 12.2. The van der Waals surface area contributed by atoms with E-state index in [1.807, 2.05) is 12.1 Å². The second kappa shape index (κ2) is 7.43. The zero-order valence-corrected chi connectivity index (χ0v) is 16.1. The van der Waals surface area contributed by atoms with Gasteiger partial charge in [0.2, 0.25) is 0 Å². The summed E-state index contributed by atoms with van der Waals surface area (Å²) in [5.74, 6) is 0.689. The number of morpholine rings is 1. The molecule has 1 saturated heterocycles. The summed E-state index contributed by atoms with van der Waals surface area (Å²) < 4.78 is 16.9. The van der Waals surface area contributed by atoms with E-state index in [9.17, 15) is 4.79 Å². The van der Waals surface area contributed by atoms with Crippen LogP contribution in [0.2, 0.25) is 10.0 Å². The average Bonchev–Trinajstić information content (AvgIpc) is 3.11. The second-order valence-corrected chi connectivity index (χ2v) is 7.18. The van der Waals surface area contributed by atoms with E-state index in [-0.39, 0.29) is 17.8 Å². The fourth-order valence-electron chi connectivity index (χ4n) is 3.25. The normalized spacial score (nSPS) is 17.3. The SMILES string of the molecule is COc1cccc2cc(C(=O)N3CCOC(c4cc(Cl)cc(Cl)c4)C3)oc12. The quantitative estimate of drug-likeness (QED) is 0.617. The molecule has 7 heteroatoms. The molecule has 0 N–H and O–H groups in total. The standard InChI is InChI=1S/C20H17Cl2NO4/c1-25-16-4-2-3-12-9-17(27-19(12)16)20(24)23-5-6-26-18(11-23)13-7-14(21)10-15(22)8-13/h2-4,7-10,18H,5-6,11H2,1H3. The van der Waals surface area contributed by atoms with Gasteiger partial charge in [-0.2, -0.15) is 0 Å². The molecule has 2 aromatic carbocycles. The first-order valence-corrected chi connectivity index (χ1v) is 9.24. The van der Waals surface area contributed by atoms with Crippen molar-refractivity contribution in [3.63, 3.8) is 0 Å². The van der Waals surface area contributed by atoms with Crippen molar-refractivity contribution in [1.82, 2.24) is 4.90 Å². The van der Waals surface area contributed by atoms with Crippen LogP contribution >= 0.6 is 23.2 Å². The molecule has 140 valence electrons. The fourth-order valence-corrected chi connectivity index (χ4v) is 3.80. The van der Waals surface area contributed by atoms with Gasteiger partial charge >= 0.3 is 0 Å². The van der Waals surface area contributed by atoms with E-state index in [1.165, 1.54) is 0 Å². The highest BCUT2D eigenvalue weighted by Gasteiger charge is 2.28. The Hall–Kier alpha value is -2.21. The predicted octanol–water partition coefficient (Wildman–Crippen LogP) is 4.96. The van der Waals surface area contributed by atoms with Crippen LogP contribution < -0.4 is 4.74 Å². The number of methoxy groups -OCH3 is 1. The second-order valence-electron chi connectivity index (χ2n) is 6.30. The van der Waals surface area contributed by atoms with Gasteiger partial charge in [0.1, 0.15) is 6.10 Å². The molecule has 1 aliphatic heterocycles. The topological polar surface area (TPSA) is 51.9 Å². The third-order valence-corrected chi connectivity index (χ3v) is 4.99. The van der Waals surface area contributed by atoms with E-state index < -0.39 is 0 Å². The largest absolute Gasteiger partial charge is 0.493 e. The maximum atomic E-state index is 13.0. The minimum Gasteiger partial charge on any atom is -0.493 e. The zero-order chi connectivity index (χ0) is 19.0. The van der Waals surface area contributed by atoms with Crippen molar-refractivity contribution in [2.45, 2.75) is 6.10 Å². The smallest absolute Gasteiger partial charge is 0.289 e. The van der Waals surface area contributed by atoms with Crippen LogP contribution in [-0.4, -0.2) is 37.6 Å². The number of para-hydroxylation sites is 1. The summed E-state index contributed by atoms with van der Waals surface area (Å²) in [5.41, 5.74) is 1.41. The number of benzene rings is 2. The summed E-state index contributed by atoms with van der Waals surface area (Å²) in [7, 11) is 1.57. The number of furan rings is 1. The van der Waals surface area contributed by atoms with Crippen LogP contribution in [0.3, 0.4) is 0 Å². The van der Waals surface area contributed by atoms with Crippen molar-refractivity contribution in [2.24, 2.45) is 0 Å². The molecule has 2 heterocycles.